The number of hydrogen-bond donors (Lipinski definition) is 0. The number of ether oxygens (including phenoxy) is 2. The van der Waals surface area contributed by atoms with Gasteiger partial charge in [-0.2, -0.15) is 0 Å². The highest BCUT2D eigenvalue weighted by Gasteiger charge is 2.14. The Labute approximate surface area is 170 Å². The maximum absolute atomic E-state index is 14.3. The number of esters is 1. The summed E-state index contributed by atoms with van der Waals surface area (Å²) in [7, 11) is 1.31. The number of rotatable bonds is 9. The SMILES string of the molecule is COC(=O)CCN(CC(C)C)C(=O)/C=C/c1ccc(Oc2cccnc2)c(F)c1. The number of carbonyl (C=O) groups is 2. The van der Waals surface area contributed by atoms with Gasteiger partial charge in [0.1, 0.15) is 5.75 Å². The molecular formula is C22H25FN2O4. The van der Waals surface area contributed by atoms with Crippen LogP contribution in [0.15, 0.2) is 48.8 Å². The quantitative estimate of drug-likeness (QED) is 0.469. The van der Waals surface area contributed by atoms with E-state index in [0.29, 0.717) is 17.9 Å². The molecule has 7 heteroatoms. The Morgan fingerprint density at radius 3 is 2.69 bits per heavy atom. The predicted octanol–water partition coefficient (Wildman–Crippen LogP) is 4.07. The van der Waals surface area contributed by atoms with E-state index >= 15 is 0 Å². The summed E-state index contributed by atoms with van der Waals surface area (Å²) in [5, 5.41) is 0. The lowest BCUT2D eigenvalue weighted by Gasteiger charge is -2.22. The van der Waals surface area contributed by atoms with Crippen molar-refractivity contribution in [3.63, 3.8) is 0 Å². The van der Waals surface area contributed by atoms with Crippen LogP contribution in [-0.4, -0.2) is 42.0 Å². The molecule has 0 aliphatic rings. The smallest absolute Gasteiger partial charge is 0.307 e. The monoisotopic (exact) mass is 400 g/mol. The Morgan fingerprint density at radius 2 is 2.07 bits per heavy atom. The van der Waals surface area contributed by atoms with Crippen LogP contribution in [-0.2, 0) is 14.3 Å². The third-order valence-corrected chi connectivity index (χ3v) is 3.95. The minimum atomic E-state index is -0.548. The lowest BCUT2D eigenvalue weighted by atomic mass is 10.1. The molecule has 0 radical (unpaired) electrons. The number of nitrogens with zero attached hydrogens (tertiary/aromatic N) is 2. The molecule has 0 saturated carbocycles. The second kappa shape index (κ2) is 10.9. The van der Waals surface area contributed by atoms with Crippen LogP contribution in [0.1, 0.15) is 25.8 Å². The fraction of sp³-hybridized carbons (Fsp3) is 0.318. The lowest BCUT2D eigenvalue weighted by Crippen LogP contribution is -2.34. The minimum absolute atomic E-state index is 0.0704. The van der Waals surface area contributed by atoms with E-state index in [0.717, 1.165) is 0 Å². The first kappa shape index (κ1) is 22.1. The van der Waals surface area contributed by atoms with Gasteiger partial charge in [-0.3, -0.25) is 14.6 Å². The Hall–Kier alpha value is -3.22. The highest BCUT2D eigenvalue weighted by Crippen LogP contribution is 2.24. The van der Waals surface area contributed by atoms with E-state index < -0.39 is 5.82 Å². The van der Waals surface area contributed by atoms with Gasteiger partial charge in [0.2, 0.25) is 5.91 Å². The third kappa shape index (κ3) is 7.37. The van der Waals surface area contributed by atoms with Gasteiger partial charge in [0.05, 0.1) is 19.7 Å². The molecule has 0 aliphatic carbocycles. The van der Waals surface area contributed by atoms with Crippen molar-refractivity contribution >= 4 is 18.0 Å². The van der Waals surface area contributed by atoms with E-state index in [2.05, 4.69) is 9.72 Å². The van der Waals surface area contributed by atoms with Crippen molar-refractivity contribution < 1.29 is 23.5 Å². The molecule has 1 amide bonds. The number of carbonyl (C=O) groups excluding carboxylic acids is 2. The average molecular weight is 400 g/mol. The molecule has 0 saturated heterocycles. The Balaban J connectivity index is 2.04. The first-order valence-corrected chi connectivity index (χ1v) is 9.30. The fourth-order valence-electron chi connectivity index (χ4n) is 2.57. The maximum Gasteiger partial charge on any atom is 0.307 e. The highest BCUT2D eigenvalue weighted by atomic mass is 19.1. The molecule has 0 spiro atoms. The standard InChI is InChI=1S/C22H25FN2O4/c1-16(2)15-25(12-10-22(27)28-3)21(26)9-7-17-6-8-20(19(23)13-17)29-18-5-4-11-24-14-18/h4-9,11,13-14,16H,10,12,15H2,1-3H3/b9-7+. The van der Waals surface area contributed by atoms with Crippen LogP contribution in [0.5, 0.6) is 11.5 Å². The molecule has 0 atom stereocenters. The number of methoxy groups -OCH3 is 1. The van der Waals surface area contributed by atoms with E-state index in [-0.39, 0.29) is 36.5 Å². The first-order valence-electron chi connectivity index (χ1n) is 9.30. The molecule has 154 valence electrons. The number of pyridine rings is 1. The van der Waals surface area contributed by atoms with Gasteiger partial charge in [0.15, 0.2) is 11.6 Å². The highest BCUT2D eigenvalue weighted by molar-refractivity contribution is 5.92. The van der Waals surface area contributed by atoms with Gasteiger partial charge in [-0.15, -0.1) is 0 Å². The summed E-state index contributed by atoms with van der Waals surface area (Å²) in [5.41, 5.74) is 0.520. The third-order valence-electron chi connectivity index (χ3n) is 3.95. The van der Waals surface area contributed by atoms with Crippen molar-refractivity contribution in [1.82, 2.24) is 9.88 Å². The normalized spacial score (nSPS) is 10.9. The van der Waals surface area contributed by atoms with Crippen LogP contribution in [0.3, 0.4) is 0 Å². The van der Waals surface area contributed by atoms with Crippen LogP contribution in [0.2, 0.25) is 0 Å². The van der Waals surface area contributed by atoms with E-state index in [9.17, 15) is 14.0 Å². The molecule has 0 unspecified atom stereocenters. The van der Waals surface area contributed by atoms with Crippen LogP contribution in [0, 0.1) is 11.7 Å². The zero-order valence-corrected chi connectivity index (χ0v) is 16.8. The molecule has 1 heterocycles. The number of amides is 1. The molecule has 0 fully saturated rings. The summed E-state index contributed by atoms with van der Waals surface area (Å²) in [4.78, 5) is 29.4. The second-order valence-corrected chi connectivity index (χ2v) is 6.82. The van der Waals surface area contributed by atoms with Crippen LogP contribution in [0.4, 0.5) is 4.39 Å². The molecule has 0 bridgehead atoms. The van der Waals surface area contributed by atoms with Gasteiger partial charge in [0.25, 0.3) is 0 Å². The van der Waals surface area contributed by atoms with Crippen molar-refractivity contribution in [2.24, 2.45) is 5.92 Å². The summed E-state index contributed by atoms with van der Waals surface area (Å²) in [5.74, 6) is -0.430. The van der Waals surface area contributed by atoms with E-state index in [1.165, 1.54) is 37.6 Å². The summed E-state index contributed by atoms with van der Waals surface area (Å²) < 4.78 is 24.4. The Kier molecular flexibility index (Phi) is 8.33. The van der Waals surface area contributed by atoms with E-state index in [4.69, 9.17) is 4.74 Å². The van der Waals surface area contributed by atoms with Gasteiger partial charge in [0, 0.05) is 25.4 Å². The topological polar surface area (TPSA) is 68.7 Å². The zero-order valence-electron chi connectivity index (χ0n) is 16.8. The van der Waals surface area contributed by atoms with Crippen LogP contribution < -0.4 is 4.74 Å². The summed E-state index contributed by atoms with van der Waals surface area (Å²) >= 11 is 0. The summed E-state index contributed by atoms with van der Waals surface area (Å²) in [6, 6.07) is 7.81. The van der Waals surface area contributed by atoms with Crippen molar-refractivity contribution in [3.05, 3.63) is 60.2 Å². The van der Waals surface area contributed by atoms with Gasteiger partial charge < -0.3 is 14.4 Å². The average Bonchev–Trinajstić information content (AvgIpc) is 2.71. The Bertz CT molecular complexity index is 853. The minimum Gasteiger partial charge on any atom is -0.469 e. The van der Waals surface area contributed by atoms with Crippen molar-refractivity contribution in [3.8, 4) is 11.5 Å². The van der Waals surface area contributed by atoms with E-state index in [1.54, 1.807) is 29.3 Å². The molecule has 1 aromatic carbocycles. The predicted molar refractivity (Wildman–Crippen MR) is 108 cm³/mol. The molecule has 0 N–H and O–H groups in total. The number of aromatic nitrogens is 1. The number of benzene rings is 1. The van der Waals surface area contributed by atoms with Crippen molar-refractivity contribution in [1.29, 1.82) is 0 Å². The molecule has 6 nitrogen and oxygen atoms in total. The van der Waals surface area contributed by atoms with Crippen molar-refractivity contribution in [2.75, 3.05) is 20.2 Å². The Morgan fingerprint density at radius 1 is 1.28 bits per heavy atom. The van der Waals surface area contributed by atoms with Gasteiger partial charge in [-0.1, -0.05) is 19.9 Å². The molecule has 2 aromatic rings. The molecule has 1 aromatic heterocycles. The fourth-order valence-corrected chi connectivity index (χ4v) is 2.57. The zero-order chi connectivity index (χ0) is 21.2. The molecule has 0 aliphatic heterocycles. The van der Waals surface area contributed by atoms with Crippen LogP contribution >= 0.6 is 0 Å². The number of halogens is 1. The van der Waals surface area contributed by atoms with Gasteiger partial charge >= 0.3 is 5.97 Å². The summed E-state index contributed by atoms with van der Waals surface area (Å²) in [6.45, 7) is 4.74. The first-order chi connectivity index (χ1) is 13.9. The molecule has 29 heavy (non-hydrogen) atoms. The number of hydrogen-bond acceptors (Lipinski definition) is 5. The van der Waals surface area contributed by atoms with Gasteiger partial charge in [-0.25, -0.2) is 4.39 Å². The van der Waals surface area contributed by atoms with Crippen molar-refractivity contribution in [2.45, 2.75) is 20.3 Å². The second-order valence-electron chi connectivity index (χ2n) is 6.82. The maximum atomic E-state index is 14.3. The van der Waals surface area contributed by atoms with E-state index in [1.807, 2.05) is 13.8 Å². The van der Waals surface area contributed by atoms with Crippen LogP contribution in [0.25, 0.3) is 6.08 Å². The molecule has 2 rings (SSSR count). The largest absolute Gasteiger partial charge is 0.469 e. The molecular weight excluding hydrogens is 375 g/mol. The summed E-state index contributed by atoms with van der Waals surface area (Å²) in [6.07, 6.45) is 6.12. The lowest BCUT2D eigenvalue weighted by molar-refractivity contribution is -0.141. The van der Waals surface area contributed by atoms with Gasteiger partial charge in [-0.05, 0) is 41.8 Å².